The zero-order valence-electron chi connectivity index (χ0n) is 27.3. The van der Waals surface area contributed by atoms with Crippen LogP contribution in [0.3, 0.4) is 0 Å². The first-order valence-corrected chi connectivity index (χ1v) is 15.7. The summed E-state index contributed by atoms with van der Waals surface area (Å²) in [6.07, 6.45) is -30.6. The molecule has 24 heteroatoms. The average Bonchev–Trinajstić information content (AvgIpc) is 3.07. The number of nitrogens with one attached hydrogen (secondary N) is 2. The maximum absolute atomic E-state index is 12.4. The molecule has 13 N–H and O–H groups in total. The lowest BCUT2D eigenvalue weighted by Crippen LogP contribution is -2.70. The first-order chi connectivity index (χ1) is 24.4. The van der Waals surface area contributed by atoms with Gasteiger partial charge in [-0.1, -0.05) is 0 Å². The van der Waals surface area contributed by atoms with Gasteiger partial charge < -0.3 is 100.0 Å². The predicted octanol–water partition coefficient (Wildman–Crippen LogP) is -8.12. The molecule has 4 rings (SSSR count). The summed E-state index contributed by atoms with van der Waals surface area (Å²) in [6, 6.07) is -3.31. The van der Waals surface area contributed by atoms with Crippen molar-refractivity contribution in [3.63, 3.8) is 0 Å². The molecule has 0 spiro atoms. The van der Waals surface area contributed by atoms with E-state index >= 15 is 0 Å². The highest BCUT2D eigenvalue weighted by Gasteiger charge is 2.56. The van der Waals surface area contributed by atoms with Crippen molar-refractivity contribution in [1.29, 1.82) is 0 Å². The van der Waals surface area contributed by atoms with Crippen molar-refractivity contribution in [3.8, 4) is 0 Å². The van der Waals surface area contributed by atoms with E-state index in [1.54, 1.807) is 0 Å². The monoisotopic (exact) mass is 758 g/mol. The van der Waals surface area contributed by atoms with Gasteiger partial charge in [0.1, 0.15) is 79.2 Å². The number of hydrogen-bond acceptors (Lipinski definition) is 20. The Morgan fingerprint density at radius 2 is 1.17 bits per heavy atom. The van der Waals surface area contributed by atoms with E-state index in [2.05, 4.69) is 10.6 Å². The molecule has 0 bridgehead atoms. The van der Waals surface area contributed by atoms with E-state index in [0.29, 0.717) is 6.08 Å². The number of rotatable bonds is 12. The molecule has 18 atom stereocenters. The zero-order valence-corrected chi connectivity index (χ0v) is 27.3. The van der Waals surface area contributed by atoms with Crippen LogP contribution in [-0.2, 0) is 52.3 Å². The van der Waals surface area contributed by atoms with E-state index in [0.717, 1.165) is 13.8 Å². The molecule has 0 aliphatic carbocycles. The summed E-state index contributed by atoms with van der Waals surface area (Å²) < 4.78 is 38.1. The molecule has 0 aromatic heterocycles. The quantitative estimate of drug-likeness (QED) is 0.0878. The van der Waals surface area contributed by atoms with Crippen molar-refractivity contribution in [3.05, 3.63) is 11.8 Å². The van der Waals surface area contributed by atoms with E-state index in [4.69, 9.17) is 33.2 Å². The minimum absolute atomic E-state index is 0.662. The summed E-state index contributed by atoms with van der Waals surface area (Å²) in [7, 11) is 0. The lowest BCUT2D eigenvalue weighted by Gasteiger charge is -2.49. The number of amides is 2. The third-order valence-corrected chi connectivity index (χ3v) is 8.53. The molecule has 2 amide bonds. The number of aliphatic carboxylic acids is 2. The van der Waals surface area contributed by atoms with Gasteiger partial charge in [0.25, 0.3) is 0 Å². The van der Waals surface area contributed by atoms with Crippen LogP contribution < -0.4 is 10.6 Å². The third kappa shape index (κ3) is 8.95. The Balaban J connectivity index is 1.62. The van der Waals surface area contributed by atoms with Gasteiger partial charge in [-0.15, -0.1) is 0 Å². The molecule has 4 aliphatic rings. The lowest BCUT2D eigenvalue weighted by atomic mass is 9.94. The number of carboxylic acid groups (broad SMARTS) is 2. The normalized spacial score (nSPS) is 43.8. The van der Waals surface area contributed by atoms with Crippen LogP contribution in [0, 0.1) is 0 Å². The fourth-order valence-corrected chi connectivity index (χ4v) is 6.01. The minimum atomic E-state index is -2.28. The highest BCUT2D eigenvalue weighted by Crippen LogP contribution is 2.34. The van der Waals surface area contributed by atoms with Crippen molar-refractivity contribution in [1.82, 2.24) is 10.6 Å². The molecule has 0 aromatic carbocycles. The number of hydrogen-bond donors (Lipinski definition) is 13. The molecule has 4 heterocycles. The molecule has 296 valence electrons. The van der Waals surface area contributed by atoms with Crippen molar-refractivity contribution in [2.24, 2.45) is 0 Å². The van der Waals surface area contributed by atoms with Crippen molar-refractivity contribution in [2.45, 2.75) is 124 Å². The standard InChI is InChI=1S/C28H42N2O22/c1-6(33)29-12-19(15(37)10(4-31)46-25(12)45)49-28-18(40)17(39)21(22(52-28)24(43)44)51-26-13(30-7(2)34)20(16(38)11(5-32)48-26)50-27-14(36)8(35)3-9(47-27)23(41)42/h3,8,10-22,25-28,31-32,35-40,45H,4-5H2,1-2H3,(H,29,33)(H,30,34)(H,41,42)(H,43,44)/t8-,10-,11?,12?,13?,14?,15+,16+,17?,18?,19?,20+,21-,22+,25+,26-,27-,28+/m0/s1. The number of aliphatic hydroxyl groups excluding tert-OH is 9. The molecule has 4 aliphatic heterocycles. The highest BCUT2D eigenvalue weighted by atomic mass is 16.8. The minimum Gasteiger partial charge on any atom is -0.479 e. The summed E-state index contributed by atoms with van der Waals surface area (Å²) in [5.74, 6) is -5.97. The Labute approximate surface area is 292 Å². The first-order valence-electron chi connectivity index (χ1n) is 15.7. The second kappa shape index (κ2) is 17.3. The Kier molecular flexibility index (Phi) is 13.8. The summed E-state index contributed by atoms with van der Waals surface area (Å²) in [4.78, 5) is 48.0. The second-order valence-corrected chi connectivity index (χ2v) is 12.3. The zero-order chi connectivity index (χ0) is 38.8. The topological polar surface area (TPSA) is 379 Å². The van der Waals surface area contributed by atoms with Gasteiger partial charge in [-0.2, -0.15) is 0 Å². The van der Waals surface area contributed by atoms with Crippen LogP contribution in [0.15, 0.2) is 11.8 Å². The van der Waals surface area contributed by atoms with Crippen LogP contribution in [-0.4, -0.2) is 204 Å². The highest BCUT2D eigenvalue weighted by molar-refractivity contribution is 5.84. The summed E-state index contributed by atoms with van der Waals surface area (Å²) in [5, 5.41) is 118. The fraction of sp³-hybridized carbons (Fsp3) is 0.786. The molecule has 0 radical (unpaired) electrons. The Morgan fingerprint density at radius 3 is 1.71 bits per heavy atom. The Hall–Kier alpha value is -3.18. The smallest absolute Gasteiger partial charge is 0.371 e. The van der Waals surface area contributed by atoms with Gasteiger partial charge in [0, 0.05) is 13.8 Å². The SMILES string of the molecule is CC(=O)NC1C(O[C@@H]2O[C@@H](C(=O)O)[C@@H](O[C@@H]3OC(CO)[C@@H](O)[C@H](O[C@@H]4OC(C(=O)O)=C[C@H](O)C4O)C3NC(C)=O)C(O)C2O)[C@H](O)[C@H](CO)O[C@H]1O. The van der Waals surface area contributed by atoms with Gasteiger partial charge in [-0.25, -0.2) is 9.59 Å². The molecule has 52 heavy (non-hydrogen) atoms. The van der Waals surface area contributed by atoms with Crippen molar-refractivity contribution < 1.29 is 109 Å². The number of ether oxygens (including phenoxy) is 7. The number of carboxylic acids is 2. The van der Waals surface area contributed by atoms with Crippen molar-refractivity contribution in [2.75, 3.05) is 13.2 Å². The van der Waals surface area contributed by atoms with E-state index in [-0.39, 0.29) is 0 Å². The maximum Gasteiger partial charge on any atom is 0.371 e. The average molecular weight is 759 g/mol. The van der Waals surface area contributed by atoms with Crippen LogP contribution in [0.2, 0.25) is 0 Å². The van der Waals surface area contributed by atoms with Gasteiger partial charge >= 0.3 is 11.9 Å². The largest absolute Gasteiger partial charge is 0.479 e. The van der Waals surface area contributed by atoms with Crippen LogP contribution in [0.5, 0.6) is 0 Å². The van der Waals surface area contributed by atoms with Gasteiger partial charge in [0.2, 0.25) is 23.9 Å². The molecule has 7 unspecified atom stereocenters. The second-order valence-electron chi connectivity index (χ2n) is 12.3. The third-order valence-electron chi connectivity index (χ3n) is 8.53. The summed E-state index contributed by atoms with van der Waals surface area (Å²) in [6.45, 7) is 0.187. The number of carbonyl (C=O) groups excluding carboxylic acids is 2. The molecule has 0 saturated carbocycles. The fourth-order valence-electron chi connectivity index (χ4n) is 6.01. The van der Waals surface area contributed by atoms with Gasteiger partial charge in [0.15, 0.2) is 25.0 Å². The van der Waals surface area contributed by atoms with Crippen LogP contribution in [0.25, 0.3) is 0 Å². The van der Waals surface area contributed by atoms with Crippen LogP contribution >= 0.6 is 0 Å². The molecule has 0 aromatic rings. The van der Waals surface area contributed by atoms with Crippen LogP contribution in [0.1, 0.15) is 13.8 Å². The van der Waals surface area contributed by atoms with E-state index in [9.17, 15) is 75.3 Å². The Bertz CT molecular complexity index is 1320. The molecular formula is C28H42N2O22. The predicted molar refractivity (Wildman–Crippen MR) is 156 cm³/mol. The lowest BCUT2D eigenvalue weighted by molar-refractivity contribution is -0.363. The number of aliphatic hydroxyl groups is 9. The molecule has 24 nitrogen and oxygen atoms in total. The van der Waals surface area contributed by atoms with Gasteiger partial charge in [-0.05, 0) is 6.08 Å². The first kappa shape index (κ1) is 41.6. The van der Waals surface area contributed by atoms with E-state index < -0.39 is 153 Å². The molecule has 3 fully saturated rings. The summed E-state index contributed by atoms with van der Waals surface area (Å²) >= 11 is 0. The Morgan fingerprint density at radius 1 is 0.654 bits per heavy atom. The van der Waals surface area contributed by atoms with Crippen LogP contribution in [0.4, 0.5) is 0 Å². The molecular weight excluding hydrogens is 716 g/mol. The van der Waals surface area contributed by atoms with Gasteiger partial charge in [0.05, 0.1) is 13.2 Å². The van der Waals surface area contributed by atoms with E-state index in [1.165, 1.54) is 0 Å². The molecule has 3 saturated heterocycles. The van der Waals surface area contributed by atoms with Gasteiger partial charge in [-0.3, -0.25) is 9.59 Å². The van der Waals surface area contributed by atoms with Crippen molar-refractivity contribution >= 4 is 23.8 Å². The maximum atomic E-state index is 12.4. The summed E-state index contributed by atoms with van der Waals surface area (Å²) in [5.41, 5.74) is 0. The number of carbonyl (C=O) groups is 4. The van der Waals surface area contributed by atoms with E-state index in [1.807, 2.05) is 0 Å².